The number of nitrogens with two attached hydrogens (primary N) is 1. The summed E-state index contributed by atoms with van der Waals surface area (Å²) < 4.78 is 15.6. The molecule has 0 spiro atoms. The van der Waals surface area contributed by atoms with Crippen LogP contribution in [0.15, 0.2) is 10.6 Å². The van der Waals surface area contributed by atoms with Gasteiger partial charge < -0.3 is 24.6 Å². The van der Waals surface area contributed by atoms with Gasteiger partial charge in [0.05, 0.1) is 13.2 Å². The third-order valence-corrected chi connectivity index (χ3v) is 3.15. The van der Waals surface area contributed by atoms with Gasteiger partial charge in [0.15, 0.2) is 5.82 Å². The van der Waals surface area contributed by atoms with Crippen molar-refractivity contribution in [1.82, 2.24) is 10.1 Å². The Morgan fingerprint density at radius 2 is 2.22 bits per heavy atom. The number of methoxy groups -OCH3 is 2. The summed E-state index contributed by atoms with van der Waals surface area (Å²) in [4.78, 5) is 6.45. The fourth-order valence-electron chi connectivity index (χ4n) is 2.02. The van der Waals surface area contributed by atoms with Crippen molar-refractivity contribution < 1.29 is 14.0 Å². The lowest BCUT2D eigenvalue weighted by Gasteiger charge is -2.38. The van der Waals surface area contributed by atoms with Crippen molar-refractivity contribution in [3.8, 4) is 5.75 Å². The number of nitrogen functional groups attached to an aromatic ring is 1. The summed E-state index contributed by atoms with van der Waals surface area (Å²) in [6.45, 7) is 1.61. The zero-order chi connectivity index (χ0) is 12.7. The van der Waals surface area contributed by atoms with Gasteiger partial charge in [-0.05, 0) is 0 Å². The van der Waals surface area contributed by atoms with E-state index in [0.29, 0.717) is 22.7 Å². The number of anilines is 2. The molecule has 0 aromatic carbocycles. The van der Waals surface area contributed by atoms with E-state index in [1.165, 1.54) is 0 Å². The highest BCUT2D eigenvalue weighted by molar-refractivity contribution is 5.91. The number of nitrogens with zero attached hydrogens (tertiary/aromatic N) is 3. The highest BCUT2D eigenvalue weighted by Crippen LogP contribution is 2.34. The van der Waals surface area contributed by atoms with E-state index in [1.807, 2.05) is 6.07 Å². The fourth-order valence-corrected chi connectivity index (χ4v) is 2.02. The van der Waals surface area contributed by atoms with Crippen molar-refractivity contribution in [2.75, 3.05) is 37.9 Å². The molecule has 2 N–H and O–H groups in total. The minimum atomic E-state index is 0.258. The number of rotatable bonds is 3. The second kappa shape index (κ2) is 4.02. The van der Waals surface area contributed by atoms with Crippen LogP contribution in [0.1, 0.15) is 0 Å². The van der Waals surface area contributed by atoms with Crippen LogP contribution in [0.3, 0.4) is 0 Å². The molecule has 0 unspecified atom stereocenters. The quantitative estimate of drug-likeness (QED) is 0.855. The van der Waals surface area contributed by atoms with Gasteiger partial charge >= 0.3 is 0 Å². The second-order valence-electron chi connectivity index (χ2n) is 4.19. The van der Waals surface area contributed by atoms with Crippen LogP contribution in [-0.2, 0) is 4.74 Å². The van der Waals surface area contributed by atoms with E-state index < -0.39 is 0 Å². The van der Waals surface area contributed by atoms with Gasteiger partial charge in [0.25, 0.3) is 5.71 Å². The first-order chi connectivity index (χ1) is 8.72. The topological polar surface area (TPSA) is 86.6 Å². The van der Waals surface area contributed by atoms with Crippen LogP contribution in [0.5, 0.6) is 5.75 Å². The summed E-state index contributed by atoms with van der Waals surface area (Å²) in [6, 6.07) is 1.84. The molecule has 1 saturated heterocycles. The Balaban J connectivity index is 1.99. The van der Waals surface area contributed by atoms with Crippen LogP contribution in [0.4, 0.5) is 11.6 Å². The number of fused-ring (bicyclic) bond motifs is 1. The van der Waals surface area contributed by atoms with E-state index in [1.54, 1.807) is 14.2 Å². The maximum atomic E-state index is 5.71. The molecule has 0 saturated carbocycles. The number of hydrogen-bond acceptors (Lipinski definition) is 7. The molecule has 7 heteroatoms. The van der Waals surface area contributed by atoms with E-state index in [0.717, 1.165) is 18.9 Å². The van der Waals surface area contributed by atoms with Crippen LogP contribution in [0, 0.1) is 0 Å². The molecule has 0 amide bonds. The molecule has 0 bridgehead atoms. The van der Waals surface area contributed by atoms with Crippen molar-refractivity contribution in [2.45, 2.75) is 6.10 Å². The van der Waals surface area contributed by atoms with Crippen LogP contribution >= 0.6 is 0 Å². The number of aromatic nitrogens is 2. The molecule has 1 fully saturated rings. The van der Waals surface area contributed by atoms with Gasteiger partial charge in [0.2, 0.25) is 0 Å². The van der Waals surface area contributed by atoms with E-state index >= 15 is 0 Å². The Morgan fingerprint density at radius 1 is 1.44 bits per heavy atom. The molecule has 18 heavy (non-hydrogen) atoms. The Morgan fingerprint density at radius 3 is 2.89 bits per heavy atom. The third-order valence-electron chi connectivity index (χ3n) is 3.15. The van der Waals surface area contributed by atoms with Crippen molar-refractivity contribution in [3.05, 3.63) is 6.07 Å². The van der Waals surface area contributed by atoms with Gasteiger partial charge in [-0.2, -0.15) is 4.98 Å². The predicted octanol–water partition coefficient (Wildman–Crippen LogP) is 0.649. The van der Waals surface area contributed by atoms with Crippen molar-refractivity contribution >= 4 is 22.7 Å². The summed E-state index contributed by atoms with van der Waals surface area (Å²) in [5.41, 5.74) is 6.10. The van der Waals surface area contributed by atoms with Gasteiger partial charge in [-0.1, -0.05) is 5.16 Å². The Bertz CT molecular complexity index is 577. The molecule has 96 valence electrons. The average molecular weight is 250 g/mol. The molecule has 0 radical (unpaired) electrons. The maximum Gasteiger partial charge on any atom is 0.265 e. The monoisotopic (exact) mass is 250 g/mol. The Labute approximate surface area is 103 Å². The molecule has 7 nitrogen and oxygen atoms in total. The van der Waals surface area contributed by atoms with Crippen LogP contribution < -0.4 is 15.4 Å². The van der Waals surface area contributed by atoms with E-state index in [9.17, 15) is 0 Å². The van der Waals surface area contributed by atoms with E-state index in [2.05, 4.69) is 15.0 Å². The van der Waals surface area contributed by atoms with Gasteiger partial charge in [0, 0.05) is 26.3 Å². The third kappa shape index (κ3) is 1.55. The molecule has 0 atom stereocenters. The molecule has 2 aromatic heterocycles. The first-order valence-corrected chi connectivity index (χ1v) is 5.60. The number of ether oxygens (including phenoxy) is 2. The minimum absolute atomic E-state index is 0.258. The maximum absolute atomic E-state index is 5.71. The first kappa shape index (κ1) is 11.1. The lowest BCUT2D eigenvalue weighted by atomic mass is 10.1. The van der Waals surface area contributed by atoms with Gasteiger partial charge in [-0.25, -0.2) is 0 Å². The number of pyridine rings is 1. The summed E-state index contributed by atoms with van der Waals surface area (Å²) in [7, 11) is 3.29. The van der Waals surface area contributed by atoms with Crippen molar-refractivity contribution in [3.63, 3.8) is 0 Å². The molecule has 1 aliphatic heterocycles. The molecule has 1 aliphatic rings. The average Bonchev–Trinajstić information content (AvgIpc) is 2.69. The predicted molar refractivity (Wildman–Crippen MR) is 65.8 cm³/mol. The highest BCUT2D eigenvalue weighted by Gasteiger charge is 2.29. The summed E-state index contributed by atoms with van der Waals surface area (Å²) in [5.74, 6) is 1.69. The zero-order valence-corrected chi connectivity index (χ0v) is 10.2. The molecular formula is C11H14N4O3. The second-order valence-corrected chi connectivity index (χ2v) is 4.19. The SMILES string of the molecule is COc1cc(N2CC(OC)C2)nc2onc(N)c12. The summed E-state index contributed by atoms with van der Waals surface area (Å²) in [6.07, 6.45) is 0.258. The molecule has 0 aliphatic carbocycles. The summed E-state index contributed by atoms with van der Waals surface area (Å²) in [5, 5.41) is 4.31. The normalized spacial score (nSPS) is 16.0. The Kier molecular flexibility index (Phi) is 2.48. The largest absolute Gasteiger partial charge is 0.496 e. The Hall–Kier alpha value is -2.02. The lowest BCUT2D eigenvalue weighted by Crippen LogP contribution is -2.52. The lowest BCUT2D eigenvalue weighted by molar-refractivity contribution is 0.0783. The van der Waals surface area contributed by atoms with Crippen molar-refractivity contribution in [1.29, 1.82) is 0 Å². The van der Waals surface area contributed by atoms with Crippen LogP contribution in [0.2, 0.25) is 0 Å². The minimum Gasteiger partial charge on any atom is -0.496 e. The number of hydrogen-bond donors (Lipinski definition) is 1. The standard InChI is InChI=1S/C11H14N4O3/c1-16-6-4-15(5-6)8-3-7(17-2)9-10(12)14-18-11(9)13-8/h3,6H,4-5H2,1-2H3,(H2,12,14). The van der Waals surface area contributed by atoms with Gasteiger partial charge in [0.1, 0.15) is 17.0 Å². The zero-order valence-electron chi connectivity index (χ0n) is 10.2. The van der Waals surface area contributed by atoms with Crippen LogP contribution in [0.25, 0.3) is 11.1 Å². The van der Waals surface area contributed by atoms with E-state index in [-0.39, 0.29) is 6.10 Å². The molecule has 3 rings (SSSR count). The molecule has 3 heterocycles. The summed E-state index contributed by atoms with van der Waals surface area (Å²) >= 11 is 0. The van der Waals surface area contributed by atoms with E-state index in [4.69, 9.17) is 19.7 Å². The van der Waals surface area contributed by atoms with Crippen LogP contribution in [-0.4, -0.2) is 43.6 Å². The smallest absolute Gasteiger partial charge is 0.265 e. The molecule has 2 aromatic rings. The first-order valence-electron chi connectivity index (χ1n) is 5.60. The van der Waals surface area contributed by atoms with Gasteiger partial charge in [-0.15, -0.1) is 0 Å². The highest BCUT2D eigenvalue weighted by atomic mass is 16.5. The van der Waals surface area contributed by atoms with Gasteiger partial charge in [-0.3, -0.25) is 0 Å². The van der Waals surface area contributed by atoms with Crippen molar-refractivity contribution in [2.24, 2.45) is 0 Å². The molecular weight excluding hydrogens is 236 g/mol. The fraction of sp³-hybridized carbons (Fsp3) is 0.455.